The summed E-state index contributed by atoms with van der Waals surface area (Å²) < 4.78 is 46.7. The van der Waals surface area contributed by atoms with Crippen molar-refractivity contribution in [1.29, 1.82) is 5.26 Å². The molecule has 0 aromatic heterocycles. The zero-order valence-electron chi connectivity index (χ0n) is 32.2. The number of ether oxygens (including phenoxy) is 1. The van der Waals surface area contributed by atoms with Crippen molar-refractivity contribution < 1.29 is 22.7 Å². The van der Waals surface area contributed by atoms with Gasteiger partial charge in [-0.2, -0.15) is 31.1 Å². The smallest absolute Gasteiger partial charge is 0.416 e. The van der Waals surface area contributed by atoms with Crippen molar-refractivity contribution in [2.24, 2.45) is 4.99 Å². The van der Waals surface area contributed by atoms with Crippen molar-refractivity contribution in [2.75, 3.05) is 49.2 Å². The monoisotopic (exact) mass is 787 g/mol. The number of esters is 1. The molecule has 2 N–H and O–H groups in total. The van der Waals surface area contributed by atoms with Gasteiger partial charge in [-0.3, -0.25) is 4.90 Å². The lowest BCUT2D eigenvalue weighted by molar-refractivity contribution is -0.139. The number of amidine groups is 1. The number of nitrogens with one attached hydrogen (secondary N) is 2. The molecule has 1 aliphatic rings. The number of allylic oxidation sites excluding steroid dienone is 1. The second-order valence-electron chi connectivity index (χ2n) is 13.7. The molecule has 0 aliphatic carbocycles. The fraction of sp³-hybridized carbons (Fsp3) is 0.595. The summed E-state index contributed by atoms with van der Waals surface area (Å²) in [4.78, 5) is 20.0. The highest BCUT2D eigenvalue weighted by Gasteiger charge is 2.36. The average Bonchev–Trinajstić information content (AvgIpc) is 3.16. The molecule has 1 aliphatic heterocycles. The van der Waals surface area contributed by atoms with Gasteiger partial charge in [0.2, 0.25) is 0 Å². The highest BCUT2D eigenvalue weighted by molar-refractivity contribution is 8.14. The zero-order valence-corrected chi connectivity index (χ0v) is 33.9. The van der Waals surface area contributed by atoms with Gasteiger partial charge in [0.25, 0.3) is 0 Å². The Balaban J connectivity index is 1.46. The van der Waals surface area contributed by atoms with Crippen molar-refractivity contribution in [3.8, 4) is 6.07 Å². The van der Waals surface area contributed by atoms with Gasteiger partial charge in [-0.15, -0.1) is 0 Å². The number of thioether (sulfide) groups is 1. The summed E-state index contributed by atoms with van der Waals surface area (Å²) in [6.45, 7) is 7.82. The number of carbonyl (C=O) groups is 1. The second kappa shape index (κ2) is 26.0. The van der Waals surface area contributed by atoms with Crippen LogP contribution in [-0.4, -0.2) is 55.4 Å². The number of nitriles is 1. The number of aliphatic imine (C=N–C) groups is 1. The van der Waals surface area contributed by atoms with E-state index in [0.29, 0.717) is 27.7 Å². The summed E-state index contributed by atoms with van der Waals surface area (Å²) in [7, 11) is 0. The van der Waals surface area contributed by atoms with Crippen LogP contribution >= 0.6 is 24.4 Å². The first-order chi connectivity index (χ1) is 26.2. The van der Waals surface area contributed by atoms with Gasteiger partial charge in [0.15, 0.2) is 5.17 Å². The summed E-state index contributed by atoms with van der Waals surface area (Å²) in [6.07, 6.45) is 12.5. The molecule has 0 spiro atoms. The number of benzene rings is 2. The molecule has 0 saturated carbocycles. The molecule has 0 bridgehead atoms. The maximum Gasteiger partial charge on any atom is 0.416 e. The number of halogens is 3. The molecular weight excluding hydrogens is 728 g/mol. The van der Waals surface area contributed by atoms with Crippen LogP contribution in [0.2, 0.25) is 0 Å². The molecule has 1 atom stereocenters. The first kappa shape index (κ1) is 45.4. The fourth-order valence-electron chi connectivity index (χ4n) is 6.41. The van der Waals surface area contributed by atoms with Gasteiger partial charge in [0.1, 0.15) is 6.04 Å². The number of carbonyl (C=O) groups excluding carboxylic acids is 1. The Bertz CT molecular complexity index is 1490. The number of hydrogen-bond donors (Lipinski definition) is 3. The molecule has 0 amide bonds. The Morgan fingerprint density at radius 1 is 0.870 bits per heavy atom. The summed E-state index contributed by atoms with van der Waals surface area (Å²) in [5.41, 5.74) is 1.36. The van der Waals surface area contributed by atoms with E-state index >= 15 is 0 Å². The van der Waals surface area contributed by atoms with Gasteiger partial charge < -0.3 is 15.4 Å². The Morgan fingerprint density at radius 3 is 1.96 bits per heavy atom. The molecule has 1 unspecified atom stereocenters. The minimum atomic E-state index is -4.53. The Labute approximate surface area is 331 Å². The molecule has 12 heteroatoms. The van der Waals surface area contributed by atoms with Crippen LogP contribution in [0.25, 0.3) is 0 Å². The van der Waals surface area contributed by atoms with E-state index in [9.17, 15) is 23.2 Å². The first-order valence-electron chi connectivity index (χ1n) is 19.8. The Kier molecular flexibility index (Phi) is 21.8. The lowest BCUT2D eigenvalue weighted by Crippen LogP contribution is -2.35. The molecule has 7 nitrogen and oxygen atoms in total. The SMILES string of the molecule is CCOC(=O)C1=C(C)N(c2cccc(C(F)(F)F)c2)C(SCCCCCNCCCCCCCCCCNCCCCCS)=NC1c1ccc(C#N)cc1. The largest absolute Gasteiger partial charge is 0.463 e. The molecule has 3 rings (SSSR count). The van der Waals surface area contributed by atoms with Crippen LogP contribution in [0.5, 0.6) is 0 Å². The first-order valence-corrected chi connectivity index (χ1v) is 21.4. The summed E-state index contributed by atoms with van der Waals surface area (Å²) in [5, 5.41) is 16.9. The quantitative estimate of drug-likeness (QED) is 0.0497. The lowest BCUT2D eigenvalue weighted by Gasteiger charge is -2.35. The molecule has 2 aromatic carbocycles. The van der Waals surface area contributed by atoms with Crippen LogP contribution in [0, 0.1) is 11.3 Å². The number of unbranched alkanes of at least 4 members (excludes halogenated alkanes) is 11. The lowest BCUT2D eigenvalue weighted by atomic mass is 9.95. The van der Waals surface area contributed by atoms with Gasteiger partial charge >= 0.3 is 12.1 Å². The molecule has 0 radical (unpaired) electrons. The number of thiol groups is 1. The van der Waals surface area contributed by atoms with Crippen molar-refractivity contribution in [3.63, 3.8) is 0 Å². The highest BCUT2D eigenvalue weighted by atomic mass is 32.2. The maximum atomic E-state index is 13.8. The van der Waals surface area contributed by atoms with Crippen molar-refractivity contribution in [2.45, 2.75) is 116 Å². The Morgan fingerprint density at radius 2 is 1.43 bits per heavy atom. The van der Waals surface area contributed by atoms with Crippen molar-refractivity contribution in [3.05, 3.63) is 76.5 Å². The molecule has 2 aromatic rings. The number of nitrogens with zero attached hydrogens (tertiary/aromatic N) is 3. The molecule has 1 heterocycles. The topological polar surface area (TPSA) is 89.8 Å². The zero-order chi connectivity index (χ0) is 39.0. The Hall–Kier alpha value is -2.98. The van der Waals surface area contributed by atoms with E-state index in [2.05, 4.69) is 29.3 Å². The number of anilines is 1. The predicted octanol–water partition coefficient (Wildman–Crippen LogP) is 10.6. The number of hydrogen-bond acceptors (Lipinski definition) is 9. The molecular formula is C42H60F3N5O2S2. The van der Waals surface area contributed by atoms with Crippen LogP contribution in [0.15, 0.2) is 64.8 Å². The van der Waals surface area contributed by atoms with Gasteiger partial charge in [-0.25, -0.2) is 9.79 Å². The minimum Gasteiger partial charge on any atom is -0.463 e. The van der Waals surface area contributed by atoms with Gasteiger partial charge in [0, 0.05) is 17.1 Å². The number of rotatable bonds is 26. The van der Waals surface area contributed by atoms with E-state index < -0.39 is 23.8 Å². The standard InChI is InChI=1S/C42H60F3N5O2S2/c1-3-52-40(51)38-33(2)50(37-20-18-19-36(31-37)42(43,44)45)41(49-39(38)35-23-21-34(32-46)22-24-35)54-30-17-11-15-28-48-26-13-9-7-5-4-6-8-12-25-47-27-14-10-16-29-53/h18-24,31,39,47-48,53H,3-17,25-30H2,1-2H3. The van der Waals surface area contributed by atoms with Crippen LogP contribution < -0.4 is 15.5 Å². The minimum absolute atomic E-state index is 0.135. The number of alkyl halides is 3. The van der Waals surface area contributed by atoms with E-state index in [-0.39, 0.29) is 17.9 Å². The van der Waals surface area contributed by atoms with E-state index in [1.165, 1.54) is 88.5 Å². The summed E-state index contributed by atoms with van der Waals surface area (Å²) >= 11 is 5.73. The normalized spacial score (nSPS) is 14.6. The van der Waals surface area contributed by atoms with Gasteiger partial charge in [-0.1, -0.05) is 81.3 Å². The third-order valence-electron chi connectivity index (χ3n) is 9.41. The van der Waals surface area contributed by atoms with Gasteiger partial charge in [0.05, 0.1) is 29.4 Å². The van der Waals surface area contributed by atoms with Crippen molar-refractivity contribution >= 4 is 41.2 Å². The molecule has 298 valence electrons. The van der Waals surface area contributed by atoms with Gasteiger partial charge in [-0.05, 0) is 120 Å². The highest BCUT2D eigenvalue weighted by Crippen LogP contribution is 2.41. The van der Waals surface area contributed by atoms with Crippen LogP contribution in [0.1, 0.15) is 126 Å². The van der Waals surface area contributed by atoms with E-state index in [1.807, 2.05) is 0 Å². The maximum absolute atomic E-state index is 13.8. The van der Waals surface area contributed by atoms with E-state index in [4.69, 9.17) is 9.73 Å². The third kappa shape index (κ3) is 16.0. The summed E-state index contributed by atoms with van der Waals surface area (Å²) in [5.74, 6) is 1.12. The second-order valence-corrected chi connectivity index (χ2v) is 15.2. The summed E-state index contributed by atoms with van der Waals surface area (Å²) in [6, 6.07) is 13.3. The van der Waals surface area contributed by atoms with E-state index in [1.54, 1.807) is 49.1 Å². The van der Waals surface area contributed by atoms with Crippen LogP contribution in [-0.2, 0) is 15.7 Å². The predicted molar refractivity (Wildman–Crippen MR) is 221 cm³/mol. The van der Waals surface area contributed by atoms with E-state index in [0.717, 1.165) is 63.3 Å². The third-order valence-corrected chi connectivity index (χ3v) is 10.8. The molecule has 0 saturated heterocycles. The fourth-order valence-corrected chi connectivity index (χ4v) is 7.72. The average molecular weight is 788 g/mol. The van der Waals surface area contributed by atoms with Crippen LogP contribution in [0.4, 0.5) is 18.9 Å². The molecule has 0 fully saturated rings. The van der Waals surface area contributed by atoms with Crippen LogP contribution in [0.3, 0.4) is 0 Å². The molecule has 54 heavy (non-hydrogen) atoms. The van der Waals surface area contributed by atoms with Crippen molar-refractivity contribution in [1.82, 2.24) is 10.6 Å².